The molecule has 34 heavy (non-hydrogen) atoms. The van der Waals surface area contributed by atoms with Crippen LogP contribution in [0, 0.1) is 0 Å². The highest BCUT2D eigenvalue weighted by molar-refractivity contribution is 6.33. The lowest BCUT2D eigenvalue weighted by Crippen LogP contribution is -2.37. The molecule has 0 aliphatic heterocycles. The van der Waals surface area contributed by atoms with Gasteiger partial charge in [-0.2, -0.15) is 10.1 Å². The average molecular weight is 473 g/mol. The van der Waals surface area contributed by atoms with E-state index in [1.54, 1.807) is 23.9 Å². The van der Waals surface area contributed by atoms with Gasteiger partial charge in [0.15, 0.2) is 11.2 Å². The van der Waals surface area contributed by atoms with Crippen molar-refractivity contribution in [3.8, 4) is 0 Å². The SMILES string of the molecule is Cn1c(=O)c2c(nc(N/N=C\c3ccccc3Cl)n2Cc2cccc3ccccc23)n(C)c1=O. The number of halogens is 1. The highest BCUT2D eigenvalue weighted by Gasteiger charge is 2.19. The normalized spacial score (nSPS) is 11.6. The van der Waals surface area contributed by atoms with E-state index in [0.717, 1.165) is 26.5 Å². The van der Waals surface area contributed by atoms with Crippen molar-refractivity contribution in [2.24, 2.45) is 19.2 Å². The van der Waals surface area contributed by atoms with Crippen LogP contribution in [-0.2, 0) is 20.6 Å². The van der Waals surface area contributed by atoms with Crippen molar-refractivity contribution < 1.29 is 0 Å². The number of hydrazone groups is 1. The van der Waals surface area contributed by atoms with E-state index in [4.69, 9.17) is 11.6 Å². The summed E-state index contributed by atoms with van der Waals surface area (Å²) in [6.07, 6.45) is 1.58. The molecule has 0 bridgehead atoms. The third kappa shape index (κ3) is 3.68. The monoisotopic (exact) mass is 472 g/mol. The van der Waals surface area contributed by atoms with E-state index in [0.29, 0.717) is 23.0 Å². The molecule has 0 unspecified atom stereocenters. The molecule has 0 fully saturated rings. The fraction of sp³-hybridized carbons (Fsp3) is 0.120. The van der Waals surface area contributed by atoms with E-state index in [1.165, 1.54) is 11.6 Å². The Bertz CT molecular complexity index is 1690. The number of anilines is 1. The van der Waals surface area contributed by atoms with Crippen LogP contribution in [0.1, 0.15) is 11.1 Å². The second kappa shape index (κ2) is 8.64. The lowest BCUT2D eigenvalue weighted by atomic mass is 10.0. The van der Waals surface area contributed by atoms with Gasteiger partial charge in [-0.3, -0.25) is 18.5 Å². The van der Waals surface area contributed by atoms with Crippen LogP contribution in [0.2, 0.25) is 5.02 Å². The highest BCUT2D eigenvalue weighted by Crippen LogP contribution is 2.23. The second-order valence-electron chi connectivity index (χ2n) is 7.93. The molecule has 5 rings (SSSR count). The molecule has 0 saturated carbocycles. The molecule has 2 aromatic heterocycles. The topological polar surface area (TPSA) is 86.2 Å². The molecule has 2 heterocycles. The Labute approximate surface area is 199 Å². The number of fused-ring (bicyclic) bond motifs is 2. The van der Waals surface area contributed by atoms with Crippen LogP contribution >= 0.6 is 11.6 Å². The zero-order valence-corrected chi connectivity index (χ0v) is 19.3. The lowest BCUT2D eigenvalue weighted by molar-refractivity contribution is 0.703. The Balaban J connectivity index is 1.67. The Hall–Kier alpha value is -4.17. The number of benzene rings is 3. The van der Waals surface area contributed by atoms with Gasteiger partial charge in [0.05, 0.1) is 12.8 Å². The molecule has 3 aromatic carbocycles. The summed E-state index contributed by atoms with van der Waals surface area (Å²) in [5.41, 5.74) is 4.40. The zero-order chi connectivity index (χ0) is 23.8. The fourth-order valence-electron chi connectivity index (χ4n) is 4.03. The number of imidazole rings is 1. The van der Waals surface area contributed by atoms with Crippen LogP contribution in [0.5, 0.6) is 0 Å². The first-order chi connectivity index (χ1) is 16.5. The molecular weight excluding hydrogens is 452 g/mol. The minimum atomic E-state index is -0.446. The van der Waals surface area contributed by atoms with Crippen LogP contribution in [0.25, 0.3) is 21.9 Å². The number of aryl methyl sites for hydroxylation is 1. The Morgan fingerprint density at radius 2 is 1.71 bits per heavy atom. The molecule has 0 amide bonds. The molecule has 0 aliphatic carbocycles. The van der Waals surface area contributed by atoms with Gasteiger partial charge in [-0.1, -0.05) is 72.3 Å². The maximum atomic E-state index is 13.1. The standard InChI is InChI=1S/C25H21ClN6O2/c1-30-22-21(23(33)31(2)25(30)34)32(15-18-11-7-10-16-8-3-5-12-19(16)18)24(28-22)29-27-14-17-9-4-6-13-20(17)26/h3-14H,15H2,1-2H3,(H,28,29)/b27-14-. The number of nitrogens with zero attached hydrogens (tertiary/aromatic N) is 5. The molecule has 0 aliphatic rings. The molecule has 1 N–H and O–H groups in total. The zero-order valence-electron chi connectivity index (χ0n) is 18.6. The van der Waals surface area contributed by atoms with Gasteiger partial charge in [0.2, 0.25) is 5.95 Å². The van der Waals surface area contributed by atoms with Gasteiger partial charge in [-0.05, 0) is 22.4 Å². The average Bonchev–Trinajstić information content (AvgIpc) is 3.21. The molecule has 5 aromatic rings. The van der Waals surface area contributed by atoms with Crippen LogP contribution < -0.4 is 16.7 Å². The van der Waals surface area contributed by atoms with Crippen LogP contribution in [-0.4, -0.2) is 24.9 Å². The van der Waals surface area contributed by atoms with Crippen molar-refractivity contribution >= 4 is 45.7 Å². The van der Waals surface area contributed by atoms with E-state index in [2.05, 4.69) is 15.5 Å². The predicted octanol–water partition coefficient (Wildman–Crippen LogP) is 3.73. The highest BCUT2D eigenvalue weighted by atomic mass is 35.5. The summed E-state index contributed by atoms with van der Waals surface area (Å²) in [7, 11) is 3.05. The lowest BCUT2D eigenvalue weighted by Gasteiger charge is -2.11. The smallest absolute Gasteiger partial charge is 0.298 e. The number of aromatic nitrogens is 4. The molecular formula is C25H21ClN6O2. The van der Waals surface area contributed by atoms with E-state index < -0.39 is 11.2 Å². The van der Waals surface area contributed by atoms with E-state index in [1.807, 2.05) is 60.7 Å². The van der Waals surface area contributed by atoms with Gasteiger partial charge in [0, 0.05) is 24.7 Å². The van der Waals surface area contributed by atoms with Crippen molar-refractivity contribution in [1.82, 2.24) is 18.7 Å². The number of nitrogens with one attached hydrogen (secondary N) is 1. The summed E-state index contributed by atoms with van der Waals surface area (Å²) in [6.45, 7) is 0.356. The second-order valence-corrected chi connectivity index (χ2v) is 8.34. The minimum absolute atomic E-state index is 0.281. The van der Waals surface area contributed by atoms with Gasteiger partial charge in [-0.15, -0.1) is 0 Å². The maximum Gasteiger partial charge on any atom is 0.332 e. The van der Waals surface area contributed by atoms with Crippen molar-refractivity contribution in [1.29, 1.82) is 0 Å². The molecule has 0 spiro atoms. The number of hydrogen-bond acceptors (Lipinski definition) is 5. The van der Waals surface area contributed by atoms with Gasteiger partial charge in [-0.25, -0.2) is 10.2 Å². The van der Waals surface area contributed by atoms with Crippen molar-refractivity contribution in [3.05, 3.63) is 104 Å². The first-order valence-corrected chi connectivity index (χ1v) is 11.0. The van der Waals surface area contributed by atoms with Crippen LogP contribution in [0.3, 0.4) is 0 Å². The predicted molar refractivity (Wildman–Crippen MR) is 136 cm³/mol. The summed E-state index contributed by atoms with van der Waals surface area (Å²) < 4.78 is 4.20. The first-order valence-electron chi connectivity index (χ1n) is 10.6. The summed E-state index contributed by atoms with van der Waals surface area (Å²) in [4.78, 5) is 30.2. The molecule has 170 valence electrons. The molecule has 0 radical (unpaired) electrons. The summed E-state index contributed by atoms with van der Waals surface area (Å²) in [5, 5.41) is 7.02. The Kier molecular flexibility index (Phi) is 5.51. The van der Waals surface area contributed by atoms with E-state index in [9.17, 15) is 9.59 Å². The summed E-state index contributed by atoms with van der Waals surface area (Å²) in [5.74, 6) is 0.338. The minimum Gasteiger partial charge on any atom is -0.298 e. The third-order valence-electron chi connectivity index (χ3n) is 5.83. The Morgan fingerprint density at radius 1 is 0.971 bits per heavy atom. The fourth-order valence-corrected chi connectivity index (χ4v) is 4.21. The largest absolute Gasteiger partial charge is 0.332 e. The van der Waals surface area contributed by atoms with Crippen LogP contribution in [0.15, 0.2) is 81.4 Å². The van der Waals surface area contributed by atoms with Gasteiger partial charge >= 0.3 is 5.69 Å². The molecule has 8 nitrogen and oxygen atoms in total. The quantitative estimate of drug-likeness (QED) is 0.312. The first kappa shape index (κ1) is 21.7. The summed E-state index contributed by atoms with van der Waals surface area (Å²) >= 11 is 6.22. The van der Waals surface area contributed by atoms with Crippen molar-refractivity contribution in [2.75, 3.05) is 5.43 Å². The van der Waals surface area contributed by atoms with Crippen LogP contribution in [0.4, 0.5) is 5.95 Å². The van der Waals surface area contributed by atoms with Gasteiger partial charge in [0.25, 0.3) is 5.56 Å². The number of rotatable bonds is 5. The molecule has 0 atom stereocenters. The van der Waals surface area contributed by atoms with Crippen molar-refractivity contribution in [2.45, 2.75) is 6.54 Å². The molecule has 9 heteroatoms. The van der Waals surface area contributed by atoms with E-state index >= 15 is 0 Å². The maximum absolute atomic E-state index is 13.1. The van der Waals surface area contributed by atoms with Gasteiger partial charge < -0.3 is 0 Å². The van der Waals surface area contributed by atoms with Crippen molar-refractivity contribution in [3.63, 3.8) is 0 Å². The Morgan fingerprint density at radius 3 is 2.53 bits per heavy atom. The van der Waals surface area contributed by atoms with Gasteiger partial charge in [0.1, 0.15) is 0 Å². The molecule has 0 saturated heterocycles. The third-order valence-corrected chi connectivity index (χ3v) is 6.17. The number of hydrogen-bond donors (Lipinski definition) is 1. The van der Waals surface area contributed by atoms with E-state index in [-0.39, 0.29) is 5.65 Å². The summed E-state index contributed by atoms with van der Waals surface area (Å²) in [6, 6.07) is 21.4.